The molecule has 3 amide bonds. The maximum atomic E-state index is 12.4. The van der Waals surface area contributed by atoms with Gasteiger partial charge >= 0.3 is 6.03 Å². The van der Waals surface area contributed by atoms with Gasteiger partial charge in [0.1, 0.15) is 5.82 Å². The first-order chi connectivity index (χ1) is 16.0. The van der Waals surface area contributed by atoms with Crippen LogP contribution < -0.4 is 21.7 Å². The number of likely N-dealkylation sites (tertiary alicyclic amines) is 1. The number of nitrogens with two attached hydrogens (primary N) is 1. The zero-order valence-electron chi connectivity index (χ0n) is 17.9. The quantitative estimate of drug-likeness (QED) is 0.374. The fourth-order valence-electron chi connectivity index (χ4n) is 3.47. The third-order valence-electron chi connectivity index (χ3n) is 5.18. The molecule has 1 saturated heterocycles. The molecule has 1 aliphatic rings. The van der Waals surface area contributed by atoms with Gasteiger partial charge in [-0.2, -0.15) is 4.98 Å². The van der Waals surface area contributed by atoms with Gasteiger partial charge in [0.15, 0.2) is 0 Å². The molecule has 1 fully saturated rings. The van der Waals surface area contributed by atoms with Gasteiger partial charge in [-0.15, -0.1) is 0 Å². The summed E-state index contributed by atoms with van der Waals surface area (Å²) in [5.74, 6) is -0.0449. The molecule has 3 aromatic rings. The van der Waals surface area contributed by atoms with Gasteiger partial charge in [-0.25, -0.2) is 9.78 Å². The van der Waals surface area contributed by atoms with Gasteiger partial charge in [0.05, 0.1) is 11.7 Å². The number of primary amides is 1. The largest absolute Gasteiger partial charge is 0.391 e. The van der Waals surface area contributed by atoms with Crippen LogP contribution in [-0.2, 0) is 6.54 Å². The van der Waals surface area contributed by atoms with Crippen molar-refractivity contribution in [3.05, 3.63) is 71.9 Å². The van der Waals surface area contributed by atoms with Crippen molar-refractivity contribution >= 4 is 35.1 Å². The van der Waals surface area contributed by atoms with Crippen LogP contribution in [0.15, 0.2) is 60.8 Å². The first-order valence-electron chi connectivity index (χ1n) is 10.5. The van der Waals surface area contributed by atoms with Crippen LogP contribution in [0.3, 0.4) is 0 Å². The summed E-state index contributed by atoms with van der Waals surface area (Å²) >= 11 is 0. The van der Waals surface area contributed by atoms with E-state index in [0.29, 0.717) is 43.2 Å². The van der Waals surface area contributed by atoms with E-state index in [1.165, 1.54) is 6.20 Å². The molecule has 6 N–H and O–H groups in total. The Balaban J connectivity index is 1.46. The number of nitrogens with zero attached hydrogens (tertiary/aromatic N) is 3. The summed E-state index contributed by atoms with van der Waals surface area (Å²) in [6.07, 6.45) is 1.47. The minimum absolute atomic E-state index is 0.185. The number of aliphatic hydroxyl groups is 1. The number of hydrogen-bond acceptors (Lipinski definition) is 7. The molecule has 170 valence electrons. The highest BCUT2D eigenvalue weighted by Crippen LogP contribution is 2.21. The average molecular weight is 447 g/mol. The van der Waals surface area contributed by atoms with Gasteiger partial charge in [-0.05, 0) is 30.2 Å². The molecule has 1 aliphatic heterocycles. The molecule has 0 aliphatic carbocycles. The number of carbonyl (C=O) groups excluding carboxylic acids is 2. The lowest BCUT2D eigenvalue weighted by atomic mass is 10.2. The van der Waals surface area contributed by atoms with Gasteiger partial charge in [-0.3, -0.25) is 4.79 Å². The van der Waals surface area contributed by atoms with Gasteiger partial charge in [-0.1, -0.05) is 36.4 Å². The smallest absolute Gasteiger partial charge is 0.321 e. The summed E-state index contributed by atoms with van der Waals surface area (Å²) in [5, 5.41) is 18.7. The summed E-state index contributed by atoms with van der Waals surface area (Å²) in [6, 6.07) is 16.5. The summed E-state index contributed by atoms with van der Waals surface area (Å²) in [6.45, 7) is 1.30. The Morgan fingerprint density at radius 3 is 2.64 bits per heavy atom. The minimum atomic E-state index is -0.631. The van der Waals surface area contributed by atoms with E-state index >= 15 is 0 Å². The molecule has 0 spiro atoms. The minimum Gasteiger partial charge on any atom is -0.391 e. The van der Waals surface area contributed by atoms with Gasteiger partial charge in [0.2, 0.25) is 5.95 Å². The topological polar surface area (TPSA) is 146 Å². The molecule has 0 saturated carbocycles. The van der Waals surface area contributed by atoms with Crippen LogP contribution in [0.25, 0.3) is 0 Å². The van der Waals surface area contributed by atoms with Crippen LogP contribution in [0.2, 0.25) is 0 Å². The summed E-state index contributed by atoms with van der Waals surface area (Å²) in [5.41, 5.74) is 7.92. The van der Waals surface area contributed by atoms with Gasteiger partial charge in [0, 0.05) is 37.2 Å². The molecular formula is C23H25N7O3. The van der Waals surface area contributed by atoms with Crippen molar-refractivity contribution in [2.24, 2.45) is 5.73 Å². The van der Waals surface area contributed by atoms with Gasteiger partial charge in [0.25, 0.3) is 5.91 Å². The third kappa shape index (κ3) is 5.74. The van der Waals surface area contributed by atoms with E-state index in [-0.39, 0.29) is 17.5 Å². The second-order valence-electron chi connectivity index (χ2n) is 7.68. The van der Waals surface area contributed by atoms with Crippen molar-refractivity contribution in [3.63, 3.8) is 0 Å². The number of rotatable bonds is 7. The highest BCUT2D eigenvalue weighted by molar-refractivity contribution is 5.97. The SMILES string of the molecule is NC(=O)c1cnc(Nc2cccc(NC(=O)N3CC[C@H](O)C3)c2)nc1NCc1ccccc1. The molecule has 1 aromatic heterocycles. The number of carbonyl (C=O) groups is 2. The summed E-state index contributed by atoms with van der Waals surface area (Å²) in [4.78, 5) is 34.3. The molecule has 10 nitrogen and oxygen atoms in total. The summed E-state index contributed by atoms with van der Waals surface area (Å²) < 4.78 is 0. The van der Waals surface area contributed by atoms with E-state index in [1.807, 2.05) is 30.3 Å². The number of urea groups is 1. The Hall–Kier alpha value is -4.18. The number of aliphatic hydroxyl groups excluding tert-OH is 1. The van der Waals surface area contributed by atoms with E-state index < -0.39 is 12.0 Å². The van der Waals surface area contributed by atoms with Crippen molar-refractivity contribution in [1.82, 2.24) is 14.9 Å². The first-order valence-corrected chi connectivity index (χ1v) is 10.5. The lowest BCUT2D eigenvalue weighted by Crippen LogP contribution is -2.33. The predicted octanol–water partition coefficient (Wildman–Crippen LogP) is 2.53. The number of amides is 3. The zero-order valence-corrected chi connectivity index (χ0v) is 17.9. The Morgan fingerprint density at radius 2 is 1.91 bits per heavy atom. The number of nitrogens with one attached hydrogen (secondary N) is 3. The second-order valence-corrected chi connectivity index (χ2v) is 7.68. The predicted molar refractivity (Wildman–Crippen MR) is 125 cm³/mol. The monoisotopic (exact) mass is 447 g/mol. The third-order valence-corrected chi connectivity index (χ3v) is 5.18. The normalized spacial score (nSPS) is 15.2. The van der Waals surface area contributed by atoms with Gasteiger partial charge < -0.3 is 31.7 Å². The number of aromatic nitrogens is 2. The molecule has 0 bridgehead atoms. The molecule has 2 heterocycles. The van der Waals surface area contributed by atoms with Crippen LogP contribution in [0.1, 0.15) is 22.3 Å². The van der Waals surface area contributed by atoms with E-state index in [4.69, 9.17) is 5.73 Å². The zero-order chi connectivity index (χ0) is 23.2. The van der Waals surface area contributed by atoms with Crippen molar-refractivity contribution in [1.29, 1.82) is 0 Å². The number of hydrogen-bond donors (Lipinski definition) is 5. The number of β-amino-alcohol motifs (C(OH)–C–C–N with tert-alkyl or cyclic N) is 1. The van der Waals surface area contributed by atoms with Crippen molar-refractivity contribution in [2.75, 3.05) is 29.0 Å². The summed E-state index contributed by atoms with van der Waals surface area (Å²) in [7, 11) is 0. The van der Waals surface area contributed by atoms with Crippen molar-refractivity contribution < 1.29 is 14.7 Å². The molecule has 2 aromatic carbocycles. The average Bonchev–Trinajstić information content (AvgIpc) is 3.25. The fraction of sp³-hybridized carbons (Fsp3) is 0.217. The Kier molecular flexibility index (Phi) is 6.65. The van der Waals surface area contributed by atoms with Crippen LogP contribution in [0.5, 0.6) is 0 Å². The second kappa shape index (κ2) is 9.96. The number of benzene rings is 2. The lowest BCUT2D eigenvalue weighted by Gasteiger charge is -2.17. The maximum absolute atomic E-state index is 12.4. The molecule has 0 unspecified atom stereocenters. The van der Waals surface area contributed by atoms with Crippen LogP contribution in [0.4, 0.5) is 27.9 Å². The van der Waals surface area contributed by atoms with Crippen molar-refractivity contribution in [2.45, 2.75) is 19.1 Å². The standard InChI is InChI=1S/C23H25N7O3/c24-20(32)19-13-26-22(29-21(19)25-12-15-5-2-1-3-6-15)27-16-7-4-8-17(11-16)28-23(33)30-10-9-18(31)14-30/h1-8,11,13,18,31H,9-10,12,14H2,(H2,24,32)(H,28,33)(H2,25,26,27,29)/t18-/m0/s1. The molecule has 1 atom stereocenters. The fourth-order valence-corrected chi connectivity index (χ4v) is 3.47. The molecule has 4 rings (SSSR count). The Morgan fingerprint density at radius 1 is 1.12 bits per heavy atom. The Labute approximate surface area is 190 Å². The van der Waals surface area contributed by atoms with Crippen LogP contribution in [-0.4, -0.2) is 51.1 Å². The molecular weight excluding hydrogens is 422 g/mol. The highest BCUT2D eigenvalue weighted by Gasteiger charge is 2.24. The molecule has 33 heavy (non-hydrogen) atoms. The molecule has 10 heteroatoms. The highest BCUT2D eigenvalue weighted by atomic mass is 16.3. The lowest BCUT2D eigenvalue weighted by molar-refractivity contribution is 0.100. The first kappa shape index (κ1) is 22.0. The maximum Gasteiger partial charge on any atom is 0.321 e. The number of anilines is 4. The Bertz CT molecular complexity index is 1140. The van der Waals surface area contributed by atoms with E-state index in [2.05, 4.69) is 25.9 Å². The van der Waals surface area contributed by atoms with E-state index in [9.17, 15) is 14.7 Å². The van der Waals surface area contributed by atoms with Crippen LogP contribution in [0, 0.1) is 0 Å². The van der Waals surface area contributed by atoms with E-state index in [1.54, 1.807) is 29.2 Å². The van der Waals surface area contributed by atoms with E-state index in [0.717, 1.165) is 5.56 Å². The van der Waals surface area contributed by atoms with Crippen LogP contribution >= 0.6 is 0 Å². The van der Waals surface area contributed by atoms with Crippen molar-refractivity contribution in [3.8, 4) is 0 Å². The molecule has 0 radical (unpaired) electrons.